The maximum absolute atomic E-state index is 11.8. The third kappa shape index (κ3) is 2.90. The van der Waals surface area contributed by atoms with Gasteiger partial charge >= 0.3 is 5.97 Å². The van der Waals surface area contributed by atoms with E-state index in [1.54, 1.807) is 19.9 Å². The summed E-state index contributed by atoms with van der Waals surface area (Å²) in [5, 5.41) is 0. The van der Waals surface area contributed by atoms with Gasteiger partial charge in [0.25, 0.3) is 0 Å². The van der Waals surface area contributed by atoms with Crippen LogP contribution in [-0.2, 0) is 11.3 Å². The standard InChI is InChI=1S/C14H14O6/c1-8-4-11(9(2)20-8)14(16)19-6-10-5-12(15)13(17-3)7-18-10/h4-5,7H,6H2,1-3H3. The van der Waals surface area contributed by atoms with Crippen LogP contribution < -0.4 is 10.2 Å². The molecule has 2 heterocycles. The lowest BCUT2D eigenvalue weighted by Crippen LogP contribution is -2.09. The van der Waals surface area contributed by atoms with Gasteiger partial charge in [-0.15, -0.1) is 0 Å². The highest BCUT2D eigenvalue weighted by molar-refractivity contribution is 5.90. The molecule has 20 heavy (non-hydrogen) atoms. The molecule has 2 aromatic rings. The quantitative estimate of drug-likeness (QED) is 0.798. The van der Waals surface area contributed by atoms with Crippen LogP contribution in [0.15, 0.2) is 32.0 Å². The van der Waals surface area contributed by atoms with Crippen LogP contribution in [0, 0.1) is 13.8 Å². The van der Waals surface area contributed by atoms with Crippen molar-refractivity contribution in [3.8, 4) is 5.75 Å². The zero-order valence-corrected chi connectivity index (χ0v) is 11.4. The molecule has 0 aromatic carbocycles. The molecule has 0 bridgehead atoms. The molecule has 0 spiro atoms. The summed E-state index contributed by atoms with van der Waals surface area (Å²) < 4.78 is 20.2. The van der Waals surface area contributed by atoms with Crippen molar-refractivity contribution in [1.29, 1.82) is 0 Å². The molecule has 0 saturated carbocycles. The normalized spacial score (nSPS) is 10.3. The van der Waals surface area contributed by atoms with Gasteiger partial charge < -0.3 is 18.3 Å². The summed E-state index contributed by atoms with van der Waals surface area (Å²) >= 11 is 0. The molecule has 2 aromatic heterocycles. The van der Waals surface area contributed by atoms with Crippen LogP contribution >= 0.6 is 0 Å². The van der Waals surface area contributed by atoms with Crippen LogP contribution in [-0.4, -0.2) is 13.1 Å². The van der Waals surface area contributed by atoms with Gasteiger partial charge in [-0.3, -0.25) is 4.79 Å². The Balaban J connectivity index is 2.05. The van der Waals surface area contributed by atoms with Crippen molar-refractivity contribution in [3.05, 3.63) is 51.5 Å². The number of rotatable bonds is 4. The summed E-state index contributed by atoms with van der Waals surface area (Å²) in [6, 6.07) is 2.82. The molecule has 6 heteroatoms. The van der Waals surface area contributed by atoms with E-state index in [2.05, 4.69) is 0 Å². The summed E-state index contributed by atoms with van der Waals surface area (Å²) in [6.07, 6.45) is 1.18. The molecule has 2 rings (SSSR count). The molecule has 0 fully saturated rings. The van der Waals surface area contributed by atoms with Gasteiger partial charge in [0.1, 0.15) is 35.7 Å². The minimum absolute atomic E-state index is 0.0985. The number of ether oxygens (including phenoxy) is 2. The van der Waals surface area contributed by atoms with Crippen molar-refractivity contribution in [2.75, 3.05) is 7.11 Å². The molecule has 0 aliphatic rings. The summed E-state index contributed by atoms with van der Waals surface area (Å²) in [5.74, 6) is 0.926. The Hall–Kier alpha value is -2.50. The molecule has 6 nitrogen and oxygen atoms in total. The van der Waals surface area contributed by atoms with Gasteiger partial charge in [-0.05, 0) is 19.9 Å². The third-order valence-corrected chi connectivity index (χ3v) is 2.68. The van der Waals surface area contributed by atoms with Crippen molar-refractivity contribution in [2.45, 2.75) is 20.5 Å². The first-order valence-electron chi connectivity index (χ1n) is 5.91. The van der Waals surface area contributed by atoms with Crippen LogP contribution in [0.3, 0.4) is 0 Å². The smallest absolute Gasteiger partial charge is 0.342 e. The Labute approximate surface area is 114 Å². The zero-order chi connectivity index (χ0) is 14.7. The number of methoxy groups -OCH3 is 1. The summed E-state index contributed by atoms with van der Waals surface area (Å²) in [7, 11) is 1.37. The van der Waals surface area contributed by atoms with Gasteiger partial charge in [0.05, 0.1) is 7.11 Å². The average molecular weight is 278 g/mol. The lowest BCUT2D eigenvalue weighted by Gasteiger charge is -2.04. The molecular weight excluding hydrogens is 264 g/mol. The van der Waals surface area contributed by atoms with E-state index in [0.29, 0.717) is 17.1 Å². The number of hydrogen-bond acceptors (Lipinski definition) is 6. The number of aryl methyl sites for hydroxylation is 2. The second-order valence-corrected chi connectivity index (χ2v) is 4.18. The fraction of sp³-hybridized carbons (Fsp3) is 0.286. The van der Waals surface area contributed by atoms with Crippen LogP contribution in [0.5, 0.6) is 5.75 Å². The number of furan rings is 1. The van der Waals surface area contributed by atoms with Crippen molar-refractivity contribution in [1.82, 2.24) is 0 Å². The Bertz CT molecular complexity index is 679. The van der Waals surface area contributed by atoms with Gasteiger partial charge in [0.2, 0.25) is 11.2 Å². The van der Waals surface area contributed by atoms with Crippen LogP contribution in [0.25, 0.3) is 0 Å². The highest BCUT2D eigenvalue weighted by atomic mass is 16.5. The average Bonchev–Trinajstić information content (AvgIpc) is 2.75. The Morgan fingerprint density at radius 3 is 2.60 bits per heavy atom. The maximum Gasteiger partial charge on any atom is 0.342 e. The topological polar surface area (TPSA) is 78.9 Å². The van der Waals surface area contributed by atoms with Crippen LogP contribution in [0.2, 0.25) is 0 Å². The van der Waals surface area contributed by atoms with E-state index >= 15 is 0 Å². The lowest BCUT2D eigenvalue weighted by atomic mass is 10.2. The molecule has 0 saturated heterocycles. The largest absolute Gasteiger partial charge is 0.490 e. The second-order valence-electron chi connectivity index (χ2n) is 4.18. The van der Waals surface area contributed by atoms with E-state index in [1.807, 2.05) is 0 Å². The molecule has 0 N–H and O–H groups in total. The van der Waals surface area contributed by atoms with Crippen molar-refractivity contribution < 1.29 is 23.1 Å². The highest BCUT2D eigenvalue weighted by Gasteiger charge is 2.15. The van der Waals surface area contributed by atoms with Gasteiger partial charge in [-0.1, -0.05) is 0 Å². The van der Waals surface area contributed by atoms with E-state index in [4.69, 9.17) is 18.3 Å². The van der Waals surface area contributed by atoms with E-state index in [0.717, 1.165) is 0 Å². The van der Waals surface area contributed by atoms with E-state index in [1.165, 1.54) is 19.4 Å². The first-order chi connectivity index (χ1) is 9.51. The molecule has 0 radical (unpaired) electrons. The number of carbonyl (C=O) groups excluding carboxylic acids is 1. The van der Waals surface area contributed by atoms with Gasteiger partial charge in [0.15, 0.2) is 0 Å². The molecule has 0 atom stereocenters. The van der Waals surface area contributed by atoms with E-state index in [9.17, 15) is 9.59 Å². The fourth-order valence-electron chi connectivity index (χ4n) is 1.71. The van der Waals surface area contributed by atoms with Crippen LogP contribution in [0.1, 0.15) is 27.6 Å². The number of hydrogen-bond donors (Lipinski definition) is 0. The second kappa shape index (κ2) is 5.64. The zero-order valence-electron chi connectivity index (χ0n) is 11.4. The Kier molecular flexibility index (Phi) is 3.93. The fourth-order valence-corrected chi connectivity index (χ4v) is 1.71. The van der Waals surface area contributed by atoms with Crippen molar-refractivity contribution in [2.24, 2.45) is 0 Å². The molecule has 106 valence electrons. The minimum atomic E-state index is -0.530. The number of carbonyl (C=O) groups is 1. The number of esters is 1. The molecule has 0 amide bonds. The molecule has 0 aliphatic carbocycles. The van der Waals surface area contributed by atoms with Crippen LogP contribution in [0.4, 0.5) is 0 Å². The first kappa shape index (κ1) is 13.9. The minimum Gasteiger partial charge on any atom is -0.490 e. The van der Waals surface area contributed by atoms with Gasteiger partial charge in [-0.2, -0.15) is 0 Å². The van der Waals surface area contributed by atoms with E-state index < -0.39 is 5.97 Å². The third-order valence-electron chi connectivity index (χ3n) is 2.68. The molecule has 0 aliphatic heterocycles. The lowest BCUT2D eigenvalue weighted by molar-refractivity contribution is 0.0440. The Morgan fingerprint density at radius 2 is 2.05 bits per heavy atom. The molecule has 0 unspecified atom stereocenters. The van der Waals surface area contributed by atoms with E-state index in [-0.39, 0.29) is 23.5 Å². The Morgan fingerprint density at radius 1 is 1.30 bits per heavy atom. The predicted molar refractivity (Wildman–Crippen MR) is 68.8 cm³/mol. The molecular formula is C14H14O6. The SMILES string of the molecule is COc1coc(COC(=O)c2cc(C)oc2C)cc1=O. The highest BCUT2D eigenvalue weighted by Crippen LogP contribution is 2.15. The van der Waals surface area contributed by atoms with Gasteiger partial charge in [-0.25, -0.2) is 4.79 Å². The first-order valence-corrected chi connectivity index (χ1v) is 5.91. The summed E-state index contributed by atoms with van der Waals surface area (Å²) in [5.41, 5.74) is 0.0264. The monoisotopic (exact) mass is 278 g/mol. The van der Waals surface area contributed by atoms with Gasteiger partial charge in [0, 0.05) is 6.07 Å². The summed E-state index contributed by atoms with van der Waals surface area (Å²) in [6.45, 7) is 3.28. The van der Waals surface area contributed by atoms with Crippen molar-refractivity contribution in [3.63, 3.8) is 0 Å². The van der Waals surface area contributed by atoms with Crippen molar-refractivity contribution >= 4 is 5.97 Å². The predicted octanol–water partition coefficient (Wildman–Crippen LogP) is 2.22. The summed E-state index contributed by atoms with van der Waals surface area (Å²) in [4.78, 5) is 23.3. The maximum atomic E-state index is 11.8.